The number of carboxylic acids is 2. The third-order valence-electron chi connectivity index (χ3n) is 7.03. The molecule has 0 spiro atoms. The number of nitrogens with one attached hydrogen (secondary N) is 2. The second-order valence-corrected chi connectivity index (χ2v) is 13.3. The van der Waals surface area contributed by atoms with Crippen molar-refractivity contribution in [2.24, 2.45) is 17.8 Å². The lowest BCUT2D eigenvalue weighted by Gasteiger charge is -2.26. The molecule has 0 bridgehead atoms. The van der Waals surface area contributed by atoms with Gasteiger partial charge in [-0.15, -0.1) is 0 Å². The van der Waals surface area contributed by atoms with Crippen molar-refractivity contribution in [1.82, 2.24) is 10.6 Å². The number of amides is 2. The molecule has 47 heavy (non-hydrogen) atoms. The number of ketones is 1. The van der Waals surface area contributed by atoms with Gasteiger partial charge in [0.25, 0.3) is 0 Å². The molecule has 4 atom stereocenters. The van der Waals surface area contributed by atoms with Gasteiger partial charge in [-0.25, -0.2) is 8.42 Å². The summed E-state index contributed by atoms with van der Waals surface area (Å²) in [5.41, 5.74) is 1.04. The molecule has 0 heterocycles. The van der Waals surface area contributed by atoms with Crippen LogP contribution in [-0.2, 0) is 49.9 Å². The van der Waals surface area contributed by atoms with Crippen molar-refractivity contribution < 1.29 is 52.1 Å². The first-order chi connectivity index (χ1) is 22.1. The van der Waals surface area contributed by atoms with E-state index in [9.17, 15) is 47.4 Å². The molecule has 2 rings (SSSR count). The van der Waals surface area contributed by atoms with E-state index in [1.807, 2.05) is 0 Å². The Balaban J connectivity index is 2.27. The third-order valence-corrected chi connectivity index (χ3v) is 7.68. The van der Waals surface area contributed by atoms with Gasteiger partial charge < -0.3 is 25.6 Å². The zero-order chi connectivity index (χ0) is 35.1. The minimum atomic E-state index is -3.62. The highest BCUT2D eigenvalue weighted by Gasteiger charge is 2.34. The van der Waals surface area contributed by atoms with Crippen LogP contribution in [0.15, 0.2) is 72.1 Å². The minimum Gasteiger partial charge on any atom is -0.481 e. The fraction of sp³-hybridized carbons (Fsp3) is 0.394. The maximum Gasteiger partial charge on any atom is 0.306 e. The molecule has 0 aromatic heterocycles. The fourth-order valence-corrected chi connectivity index (χ4v) is 5.05. The number of ether oxygens (including phenoxy) is 1. The first kappa shape index (κ1) is 38.3. The molecule has 14 heteroatoms. The van der Waals surface area contributed by atoms with Gasteiger partial charge in [-0.2, -0.15) is 0 Å². The lowest BCUT2D eigenvalue weighted by Crippen LogP contribution is -2.43. The van der Waals surface area contributed by atoms with Crippen LogP contribution in [0.2, 0.25) is 0 Å². The molecule has 0 aliphatic rings. The quantitative estimate of drug-likeness (QED) is 0.159. The lowest BCUT2D eigenvalue weighted by molar-refractivity contribution is -0.150. The number of sulfone groups is 1. The molecule has 0 aliphatic heterocycles. The number of benzene rings is 2. The average Bonchev–Trinajstić information content (AvgIpc) is 2.99. The molecule has 13 nitrogen and oxygen atoms in total. The molecule has 0 saturated heterocycles. The Hall–Kier alpha value is -4.85. The summed E-state index contributed by atoms with van der Waals surface area (Å²) in [7, 11) is -3.62. The molecule has 254 valence electrons. The molecule has 0 radical (unpaired) electrons. The van der Waals surface area contributed by atoms with Crippen LogP contribution >= 0.6 is 0 Å². The molecule has 0 saturated carbocycles. The maximum absolute atomic E-state index is 13.8. The van der Waals surface area contributed by atoms with Crippen molar-refractivity contribution in [3.63, 3.8) is 0 Å². The third kappa shape index (κ3) is 14.4. The molecular weight excluding hydrogens is 632 g/mol. The van der Waals surface area contributed by atoms with Gasteiger partial charge in [0.05, 0.1) is 31.2 Å². The molecule has 4 N–H and O–H groups in total. The van der Waals surface area contributed by atoms with Gasteiger partial charge in [-0.3, -0.25) is 28.8 Å². The lowest BCUT2D eigenvalue weighted by atomic mass is 9.86. The van der Waals surface area contributed by atoms with Gasteiger partial charge in [0.1, 0.15) is 12.6 Å². The largest absolute Gasteiger partial charge is 0.481 e. The second kappa shape index (κ2) is 18.3. The standard InChI is InChI=1S/C33H40N2O11S/c1-21(2)26(33(43)34-25(18-29(39)40)14-15-47(3,44)45)19-27(36)31(23-12-8-5-9-13-23)35-32(42)24(16-28(37)38)17-30(41)46-20-22-10-6-4-7-11-22/h4-15,21,24-26,31H,16-20H2,1-3H3,(H,34,43)(H,35,42)(H,37,38)(H,39,40)/b15-14+/t24-,25-,26+,31+/m1/s1. The number of aliphatic carboxylic acids is 2. The van der Waals surface area contributed by atoms with Crippen LogP contribution in [0.25, 0.3) is 0 Å². The van der Waals surface area contributed by atoms with E-state index < -0.39 is 101 Å². The van der Waals surface area contributed by atoms with Crippen molar-refractivity contribution in [3.05, 3.63) is 83.3 Å². The Kier molecular flexibility index (Phi) is 15.0. The van der Waals surface area contributed by atoms with Crippen molar-refractivity contribution >= 4 is 45.3 Å². The average molecular weight is 673 g/mol. The highest BCUT2D eigenvalue weighted by Crippen LogP contribution is 2.24. The van der Waals surface area contributed by atoms with Crippen molar-refractivity contribution in [1.29, 1.82) is 0 Å². The van der Waals surface area contributed by atoms with Gasteiger partial charge in [0.2, 0.25) is 11.8 Å². The number of hydrogen-bond acceptors (Lipinski definition) is 9. The van der Waals surface area contributed by atoms with E-state index in [4.69, 9.17) is 4.74 Å². The number of rotatable bonds is 19. The number of Topliss-reactive ketones (excluding diaryl/α,β-unsaturated/α-hetero) is 1. The Morgan fingerprint density at radius 2 is 1.36 bits per heavy atom. The number of carbonyl (C=O) groups is 6. The summed E-state index contributed by atoms with van der Waals surface area (Å²) in [5, 5.41) is 24.5. The Bertz CT molecular complexity index is 1540. The topological polar surface area (TPSA) is 210 Å². The first-order valence-corrected chi connectivity index (χ1v) is 16.7. The number of carbonyl (C=O) groups excluding carboxylic acids is 4. The van der Waals surface area contributed by atoms with Crippen LogP contribution in [0.3, 0.4) is 0 Å². The molecule has 0 fully saturated rings. The minimum absolute atomic E-state index is 0.0811. The van der Waals surface area contributed by atoms with Gasteiger partial charge in [0, 0.05) is 24.0 Å². The highest BCUT2D eigenvalue weighted by molar-refractivity contribution is 7.93. The predicted molar refractivity (Wildman–Crippen MR) is 170 cm³/mol. The maximum atomic E-state index is 13.8. The second-order valence-electron chi connectivity index (χ2n) is 11.4. The van der Waals surface area contributed by atoms with Gasteiger partial charge in [-0.1, -0.05) is 80.6 Å². The normalized spacial score (nSPS) is 14.0. The molecule has 2 aromatic rings. The molecule has 2 aromatic carbocycles. The molecule has 2 amide bonds. The molecular formula is C33H40N2O11S. The number of hydrogen-bond donors (Lipinski definition) is 4. The van der Waals surface area contributed by atoms with E-state index >= 15 is 0 Å². The summed E-state index contributed by atoms with van der Waals surface area (Å²) in [6.07, 6.45) is -0.360. The van der Waals surface area contributed by atoms with Crippen molar-refractivity contribution in [2.45, 2.75) is 58.2 Å². The molecule has 0 unspecified atom stereocenters. The highest BCUT2D eigenvalue weighted by atomic mass is 32.2. The summed E-state index contributed by atoms with van der Waals surface area (Å²) < 4.78 is 28.4. The SMILES string of the molecule is CC(C)[C@H](CC(=O)[C@@H](NC(=O)[C@H](CC(=O)O)CC(=O)OCc1ccccc1)c1ccccc1)C(=O)N[C@H](/C=C/S(C)(=O)=O)CC(=O)O. The van der Waals surface area contributed by atoms with Crippen molar-refractivity contribution in [2.75, 3.05) is 6.26 Å². The van der Waals surface area contributed by atoms with Crippen LogP contribution in [-0.4, -0.2) is 66.4 Å². The Labute approximate surface area is 273 Å². The van der Waals surface area contributed by atoms with E-state index in [0.717, 1.165) is 17.7 Å². The van der Waals surface area contributed by atoms with Crippen LogP contribution < -0.4 is 10.6 Å². The Morgan fingerprint density at radius 1 is 0.787 bits per heavy atom. The summed E-state index contributed by atoms with van der Waals surface area (Å²) in [4.78, 5) is 76.0. The summed E-state index contributed by atoms with van der Waals surface area (Å²) in [5.74, 6) is -8.50. The monoisotopic (exact) mass is 672 g/mol. The molecule has 0 aliphatic carbocycles. The van der Waals surface area contributed by atoms with Crippen LogP contribution in [0.4, 0.5) is 0 Å². The smallest absolute Gasteiger partial charge is 0.306 e. The fourth-order valence-electron chi connectivity index (χ4n) is 4.57. The number of carboxylic acid groups (broad SMARTS) is 2. The van der Waals surface area contributed by atoms with E-state index in [-0.39, 0.29) is 6.61 Å². The van der Waals surface area contributed by atoms with Crippen molar-refractivity contribution in [3.8, 4) is 0 Å². The van der Waals surface area contributed by atoms with Gasteiger partial charge >= 0.3 is 17.9 Å². The van der Waals surface area contributed by atoms with E-state index in [2.05, 4.69) is 10.6 Å². The number of esters is 1. The summed E-state index contributed by atoms with van der Waals surface area (Å²) in [6.45, 7) is 3.24. The zero-order valence-corrected chi connectivity index (χ0v) is 27.1. The Morgan fingerprint density at radius 3 is 1.89 bits per heavy atom. The zero-order valence-electron chi connectivity index (χ0n) is 26.3. The van der Waals surface area contributed by atoms with Gasteiger partial charge in [0.15, 0.2) is 15.6 Å². The van der Waals surface area contributed by atoms with E-state index in [1.165, 1.54) is 0 Å². The predicted octanol–water partition coefficient (Wildman–Crippen LogP) is 2.82. The van der Waals surface area contributed by atoms with Crippen LogP contribution in [0, 0.1) is 17.8 Å². The first-order valence-electron chi connectivity index (χ1n) is 14.8. The van der Waals surface area contributed by atoms with Gasteiger partial charge in [-0.05, 0) is 17.0 Å². The van der Waals surface area contributed by atoms with Crippen LogP contribution in [0.1, 0.15) is 56.7 Å². The summed E-state index contributed by atoms with van der Waals surface area (Å²) >= 11 is 0. The van der Waals surface area contributed by atoms with E-state index in [1.54, 1.807) is 74.5 Å². The van der Waals surface area contributed by atoms with Crippen LogP contribution in [0.5, 0.6) is 0 Å². The summed E-state index contributed by atoms with van der Waals surface area (Å²) in [6, 6.07) is 14.3. The van der Waals surface area contributed by atoms with E-state index in [0.29, 0.717) is 11.1 Å².